The predicted octanol–water partition coefficient (Wildman–Crippen LogP) is 4.59. The standard InChI is InChI=1S/C30H34N2O5/c1-35-28(18-8-4-3-5-9-18)30(34)37-25-13-12-19-17-32-15-14-21-20-10-6-7-11-23(20)31-27(21)24(32)16-22(19)26(25)29(33)36-2/h3-11,19,22,24-26,28,31H,12-17H2,1-2H3/t19-,22-,24-,25+,26-,28+/m0/s1. The second-order valence-corrected chi connectivity index (χ2v) is 10.6. The predicted molar refractivity (Wildman–Crippen MR) is 139 cm³/mol. The fourth-order valence-electron chi connectivity index (χ4n) is 7.12. The molecular weight excluding hydrogens is 468 g/mol. The molecule has 1 saturated carbocycles. The van der Waals surface area contributed by atoms with Gasteiger partial charge in [0.15, 0.2) is 6.10 Å². The van der Waals surface area contributed by atoms with Gasteiger partial charge in [-0.05, 0) is 54.7 Å². The second-order valence-electron chi connectivity index (χ2n) is 10.6. The Hall–Kier alpha value is -3.16. The van der Waals surface area contributed by atoms with Crippen LogP contribution in [-0.4, -0.2) is 55.2 Å². The number of H-pyrrole nitrogens is 1. The molecule has 1 N–H and O–H groups in total. The number of fused-ring (bicyclic) bond motifs is 6. The Morgan fingerprint density at radius 1 is 1.03 bits per heavy atom. The first-order chi connectivity index (χ1) is 18.1. The molecule has 0 unspecified atom stereocenters. The fraction of sp³-hybridized carbons (Fsp3) is 0.467. The lowest BCUT2D eigenvalue weighted by Gasteiger charge is -2.51. The van der Waals surface area contributed by atoms with Crippen molar-refractivity contribution in [2.45, 2.75) is 43.9 Å². The van der Waals surface area contributed by atoms with E-state index in [1.807, 2.05) is 30.3 Å². The van der Waals surface area contributed by atoms with E-state index in [4.69, 9.17) is 14.2 Å². The van der Waals surface area contributed by atoms with Crippen molar-refractivity contribution in [3.05, 3.63) is 71.4 Å². The molecule has 1 saturated heterocycles. The first kappa shape index (κ1) is 24.2. The summed E-state index contributed by atoms with van der Waals surface area (Å²) in [5.41, 5.74) is 4.58. The molecule has 3 aromatic rings. The molecule has 7 heteroatoms. The van der Waals surface area contributed by atoms with Gasteiger partial charge in [0.1, 0.15) is 6.10 Å². The minimum atomic E-state index is -0.827. The fourth-order valence-corrected chi connectivity index (χ4v) is 7.12. The minimum absolute atomic E-state index is 0.0790. The number of benzene rings is 2. The lowest BCUT2D eigenvalue weighted by atomic mass is 9.64. The number of piperidine rings is 1. The third-order valence-electron chi connectivity index (χ3n) is 8.82. The molecule has 0 radical (unpaired) electrons. The Labute approximate surface area is 217 Å². The number of esters is 2. The average Bonchev–Trinajstić information content (AvgIpc) is 3.32. The maximum absolute atomic E-state index is 13.2. The maximum atomic E-state index is 13.2. The number of para-hydroxylation sites is 1. The molecule has 6 atom stereocenters. The summed E-state index contributed by atoms with van der Waals surface area (Å²) in [6.07, 6.45) is 2.08. The molecule has 3 heterocycles. The van der Waals surface area contributed by atoms with Crippen LogP contribution >= 0.6 is 0 Å². The highest BCUT2D eigenvalue weighted by molar-refractivity contribution is 5.85. The molecule has 0 bridgehead atoms. The maximum Gasteiger partial charge on any atom is 0.340 e. The quantitative estimate of drug-likeness (QED) is 0.514. The van der Waals surface area contributed by atoms with E-state index in [0.29, 0.717) is 12.3 Å². The number of ether oxygens (including phenoxy) is 3. The van der Waals surface area contributed by atoms with E-state index in [-0.39, 0.29) is 17.9 Å². The van der Waals surface area contributed by atoms with Crippen LogP contribution in [0.2, 0.25) is 0 Å². The third kappa shape index (κ3) is 4.24. The number of rotatable bonds is 5. The molecule has 0 spiro atoms. The van der Waals surface area contributed by atoms with Crippen LogP contribution in [0.25, 0.3) is 10.9 Å². The van der Waals surface area contributed by atoms with Crippen LogP contribution in [0.1, 0.15) is 48.2 Å². The Balaban J connectivity index is 1.27. The molecule has 0 amide bonds. The monoisotopic (exact) mass is 502 g/mol. The van der Waals surface area contributed by atoms with Gasteiger partial charge in [0.25, 0.3) is 0 Å². The molecular formula is C30H34N2O5. The van der Waals surface area contributed by atoms with Crippen LogP contribution in [0.5, 0.6) is 0 Å². The molecule has 2 fully saturated rings. The Morgan fingerprint density at radius 2 is 1.81 bits per heavy atom. The molecule has 2 aliphatic heterocycles. The van der Waals surface area contributed by atoms with Crippen molar-refractivity contribution in [3.63, 3.8) is 0 Å². The molecule has 1 aliphatic carbocycles. The first-order valence-electron chi connectivity index (χ1n) is 13.3. The zero-order chi connectivity index (χ0) is 25.5. The third-order valence-corrected chi connectivity index (χ3v) is 8.82. The summed E-state index contributed by atoms with van der Waals surface area (Å²) < 4.78 is 16.8. The molecule has 1 aromatic heterocycles. The van der Waals surface area contributed by atoms with Crippen LogP contribution in [0.4, 0.5) is 0 Å². The highest BCUT2D eigenvalue weighted by Crippen LogP contribution is 2.50. The van der Waals surface area contributed by atoms with Crippen molar-refractivity contribution in [2.75, 3.05) is 27.3 Å². The van der Waals surface area contributed by atoms with Gasteiger partial charge in [0.05, 0.1) is 19.1 Å². The van der Waals surface area contributed by atoms with Gasteiger partial charge in [-0.1, -0.05) is 48.5 Å². The van der Waals surface area contributed by atoms with Crippen LogP contribution in [0.15, 0.2) is 54.6 Å². The van der Waals surface area contributed by atoms with Gasteiger partial charge in [0.2, 0.25) is 0 Å². The summed E-state index contributed by atoms with van der Waals surface area (Å²) in [7, 11) is 2.93. The number of nitrogens with zero attached hydrogens (tertiary/aromatic N) is 1. The molecule has 7 nitrogen and oxygen atoms in total. The smallest absolute Gasteiger partial charge is 0.340 e. The molecule has 6 rings (SSSR count). The average molecular weight is 503 g/mol. The number of hydrogen-bond acceptors (Lipinski definition) is 6. The molecule has 194 valence electrons. The molecule has 3 aliphatic rings. The topological polar surface area (TPSA) is 80.9 Å². The van der Waals surface area contributed by atoms with Crippen LogP contribution in [0, 0.1) is 17.8 Å². The normalized spacial score (nSPS) is 28.0. The number of nitrogens with one attached hydrogen (secondary N) is 1. The Bertz CT molecular complexity index is 1290. The van der Waals surface area contributed by atoms with Crippen molar-refractivity contribution in [1.29, 1.82) is 0 Å². The van der Waals surface area contributed by atoms with E-state index < -0.39 is 24.1 Å². The first-order valence-corrected chi connectivity index (χ1v) is 13.3. The Kier molecular flexibility index (Phi) is 6.51. The van der Waals surface area contributed by atoms with E-state index in [0.717, 1.165) is 37.9 Å². The number of carbonyl (C=O) groups is 2. The van der Waals surface area contributed by atoms with Crippen LogP contribution in [0.3, 0.4) is 0 Å². The molecule has 37 heavy (non-hydrogen) atoms. The van der Waals surface area contributed by atoms with E-state index >= 15 is 0 Å². The van der Waals surface area contributed by atoms with Gasteiger partial charge >= 0.3 is 11.9 Å². The van der Waals surface area contributed by atoms with E-state index in [1.165, 1.54) is 36.4 Å². The number of methoxy groups -OCH3 is 2. The van der Waals surface area contributed by atoms with Crippen molar-refractivity contribution in [2.24, 2.45) is 17.8 Å². The summed E-state index contributed by atoms with van der Waals surface area (Å²) >= 11 is 0. The number of carbonyl (C=O) groups excluding carboxylic acids is 2. The number of hydrogen-bond donors (Lipinski definition) is 1. The van der Waals surface area contributed by atoms with Gasteiger partial charge in [-0.15, -0.1) is 0 Å². The summed E-state index contributed by atoms with van der Waals surface area (Å²) in [6, 6.07) is 18.0. The van der Waals surface area contributed by atoms with Gasteiger partial charge in [0, 0.05) is 36.8 Å². The lowest BCUT2D eigenvalue weighted by Crippen LogP contribution is -2.54. The SMILES string of the molecule is COC(=O)[C@H]1[C@H]2C[C@H]3c4[nH]c5ccccc5c4CCN3C[C@@H]2CC[C@H]1OC(=O)[C@H](OC)c1ccccc1. The zero-order valence-electron chi connectivity index (χ0n) is 21.4. The summed E-state index contributed by atoms with van der Waals surface area (Å²) in [5, 5.41) is 1.30. The van der Waals surface area contributed by atoms with Crippen LogP contribution < -0.4 is 0 Å². The summed E-state index contributed by atoms with van der Waals surface area (Å²) in [6.45, 7) is 1.97. The van der Waals surface area contributed by atoms with E-state index in [1.54, 1.807) is 0 Å². The van der Waals surface area contributed by atoms with Gasteiger partial charge in [-0.3, -0.25) is 9.69 Å². The van der Waals surface area contributed by atoms with Crippen molar-refractivity contribution >= 4 is 22.8 Å². The highest BCUT2D eigenvalue weighted by Gasteiger charge is 2.51. The second kappa shape index (κ2) is 9.95. The van der Waals surface area contributed by atoms with E-state index in [9.17, 15) is 9.59 Å². The van der Waals surface area contributed by atoms with Gasteiger partial charge in [-0.2, -0.15) is 0 Å². The highest BCUT2D eigenvalue weighted by atomic mass is 16.6. The van der Waals surface area contributed by atoms with Crippen LogP contribution in [-0.2, 0) is 30.2 Å². The van der Waals surface area contributed by atoms with Crippen molar-refractivity contribution in [1.82, 2.24) is 9.88 Å². The van der Waals surface area contributed by atoms with Gasteiger partial charge in [-0.25, -0.2) is 4.79 Å². The Morgan fingerprint density at radius 3 is 2.59 bits per heavy atom. The largest absolute Gasteiger partial charge is 0.469 e. The number of aromatic amines is 1. The summed E-state index contributed by atoms with van der Waals surface area (Å²) in [4.78, 5) is 32.7. The van der Waals surface area contributed by atoms with Gasteiger partial charge < -0.3 is 19.2 Å². The van der Waals surface area contributed by atoms with Crippen molar-refractivity contribution < 1.29 is 23.8 Å². The number of aromatic nitrogens is 1. The zero-order valence-corrected chi connectivity index (χ0v) is 21.4. The molecule has 2 aromatic carbocycles. The van der Waals surface area contributed by atoms with Crippen molar-refractivity contribution in [3.8, 4) is 0 Å². The minimum Gasteiger partial charge on any atom is -0.469 e. The van der Waals surface area contributed by atoms with E-state index in [2.05, 4.69) is 34.1 Å². The summed E-state index contributed by atoms with van der Waals surface area (Å²) in [5.74, 6) is -0.789. The lowest BCUT2D eigenvalue weighted by molar-refractivity contribution is -0.179.